The Morgan fingerprint density at radius 2 is 1.94 bits per heavy atom. The molecule has 0 saturated carbocycles. The van der Waals surface area contributed by atoms with Gasteiger partial charge in [0.1, 0.15) is 0 Å². The monoisotopic (exact) mass is 240 g/mol. The number of nitrogens with one attached hydrogen (secondary N) is 1. The molecule has 0 aromatic carbocycles. The number of likely N-dealkylation sites (N-methyl/N-ethyl adjacent to an activating group) is 1. The van der Waals surface area contributed by atoms with E-state index < -0.39 is 0 Å². The highest BCUT2D eigenvalue weighted by Crippen LogP contribution is 2.08. The number of hydrogen-bond donors (Lipinski definition) is 1. The van der Waals surface area contributed by atoms with Crippen LogP contribution in [0.4, 0.5) is 0 Å². The van der Waals surface area contributed by atoms with Crippen LogP contribution < -0.4 is 5.32 Å². The maximum absolute atomic E-state index is 4.00. The van der Waals surface area contributed by atoms with Gasteiger partial charge in [0.25, 0.3) is 0 Å². The van der Waals surface area contributed by atoms with Gasteiger partial charge in [-0.1, -0.05) is 32.9 Å². The van der Waals surface area contributed by atoms with E-state index in [0.29, 0.717) is 6.04 Å². The van der Waals surface area contributed by atoms with Crippen LogP contribution in [0.3, 0.4) is 0 Å². The zero-order valence-corrected chi connectivity index (χ0v) is 12.6. The summed E-state index contributed by atoms with van der Waals surface area (Å²) in [5, 5.41) is 3.50. The van der Waals surface area contributed by atoms with Crippen molar-refractivity contribution in [2.75, 3.05) is 26.2 Å². The maximum atomic E-state index is 4.00. The predicted molar refractivity (Wildman–Crippen MR) is 78.5 cm³/mol. The molecule has 2 nitrogen and oxygen atoms in total. The van der Waals surface area contributed by atoms with Crippen LogP contribution in [0.25, 0.3) is 0 Å². The van der Waals surface area contributed by atoms with Crippen LogP contribution in [-0.4, -0.2) is 37.1 Å². The SMILES string of the molecule is C=C(C)CN(CC)C(C)CCCNCC(C)C. The van der Waals surface area contributed by atoms with Crippen LogP contribution in [0, 0.1) is 5.92 Å². The first kappa shape index (κ1) is 16.7. The summed E-state index contributed by atoms with van der Waals surface area (Å²) >= 11 is 0. The minimum atomic E-state index is 0.664. The van der Waals surface area contributed by atoms with Crippen molar-refractivity contribution in [3.05, 3.63) is 12.2 Å². The van der Waals surface area contributed by atoms with Gasteiger partial charge in [0.15, 0.2) is 0 Å². The lowest BCUT2D eigenvalue weighted by Crippen LogP contribution is -2.34. The maximum Gasteiger partial charge on any atom is 0.0190 e. The van der Waals surface area contributed by atoms with E-state index >= 15 is 0 Å². The van der Waals surface area contributed by atoms with Gasteiger partial charge in [-0.2, -0.15) is 0 Å². The molecule has 0 aliphatic heterocycles. The molecule has 0 aliphatic rings. The van der Waals surface area contributed by atoms with Crippen LogP contribution in [-0.2, 0) is 0 Å². The van der Waals surface area contributed by atoms with E-state index in [2.05, 4.69) is 51.4 Å². The van der Waals surface area contributed by atoms with Gasteiger partial charge in [0.2, 0.25) is 0 Å². The van der Waals surface area contributed by atoms with Gasteiger partial charge >= 0.3 is 0 Å². The molecule has 0 spiro atoms. The number of hydrogen-bond acceptors (Lipinski definition) is 2. The van der Waals surface area contributed by atoms with Gasteiger partial charge in [-0.15, -0.1) is 0 Å². The number of rotatable bonds is 10. The molecular formula is C15H32N2. The summed E-state index contributed by atoms with van der Waals surface area (Å²) in [5.74, 6) is 0.753. The molecule has 102 valence electrons. The third-order valence-electron chi connectivity index (χ3n) is 3.03. The van der Waals surface area contributed by atoms with Gasteiger partial charge in [0, 0.05) is 12.6 Å². The molecule has 1 N–H and O–H groups in total. The van der Waals surface area contributed by atoms with E-state index in [1.807, 2.05) is 0 Å². The summed E-state index contributed by atoms with van der Waals surface area (Å²) in [6.45, 7) is 19.6. The van der Waals surface area contributed by atoms with Crippen molar-refractivity contribution < 1.29 is 0 Å². The van der Waals surface area contributed by atoms with Gasteiger partial charge in [-0.25, -0.2) is 0 Å². The van der Waals surface area contributed by atoms with Gasteiger partial charge < -0.3 is 5.32 Å². The molecule has 17 heavy (non-hydrogen) atoms. The Morgan fingerprint density at radius 3 is 2.41 bits per heavy atom. The lowest BCUT2D eigenvalue weighted by Gasteiger charge is -2.28. The molecule has 2 heteroatoms. The molecule has 0 bridgehead atoms. The lowest BCUT2D eigenvalue weighted by molar-refractivity contribution is 0.224. The quantitative estimate of drug-likeness (QED) is 0.465. The minimum absolute atomic E-state index is 0.664. The summed E-state index contributed by atoms with van der Waals surface area (Å²) < 4.78 is 0. The Hall–Kier alpha value is -0.340. The van der Waals surface area contributed by atoms with Crippen molar-refractivity contribution in [3.63, 3.8) is 0 Å². The largest absolute Gasteiger partial charge is 0.316 e. The highest BCUT2D eigenvalue weighted by Gasteiger charge is 2.11. The van der Waals surface area contributed by atoms with Crippen molar-refractivity contribution in [1.29, 1.82) is 0 Å². The lowest BCUT2D eigenvalue weighted by atomic mass is 10.1. The van der Waals surface area contributed by atoms with Crippen molar-refractivity contribution in [2.45, 2.75) is 53.5 Å². The molecule has 0 aromatic heterocycles. The standard InChI is InChI=1S/C15H32N2/c1-7-17(12-14(4)5)15(6)9-8-10-16-11-13(2)3/h13,15-16H,4,7-12H2,1-3,5-6H3. The molecule has 0 aliphatic carbocycles. The topological polar surface area (TPSA) is 15.3 Å². The average molecular weight is 240 g/mol. The fourth-order valence-electron chi connectivity index (χ4n) is 2.02. The molecule has 0 heterocycles. The fraction of sp³-hybridized carbons (Fsp3) is 0.867. The van der Waals surface area contributed by atoms with Crippen LogP contribution in [0.15, 0.2) is 12.2 Å². The molecule has 0 saturated heterocycles. The molecule has 1 unspecified atom stereocenters. The molecular weight excluding hydrogens is 208 g/mol. The summed E-state index contributed by atoms with van der Waals surface area (Å²) in [7, 11) is 0. The van der Waals surface area contributed by atoms with Crippen molar-refractivity contribution in [2.24, 2.45) is 5.92 Å². The second-order valence-electron chi connectivity index (χ2n) is 5.61. The van der Waals surface area contributed by atoms with Crippen molar-refractivity contribution in [1.82, 2.24) is 10.2 Å². The smallest absolute Gasteiger partial charge is 0.0190 e. The number of nitrogens with zero attached hydrogens (tertiary/aromatic N) is 1. The summed E-state index contributed by atoms with van der Waals surface area (Å²) in [6.07, 6.45) is 2.53. The summed E-state index contributed by atoms with van der Waals surface area (Å²) in [4.78, 5) is 2.50. The molecule has 0 fully saturated rings. The molecule has 1 atom stereocenters. The minimum Gasteiger partial charge on any atom is -0.316 e. The fourth-order valence-corrected chi connectivity index (χ4v) is 2.02. The molecule has 0 aromatic rings. The van der Waals surface area contributed by atoms with Crippen molar-refractivity contribution in [3.8, 4) is 0 Å². The van der Waals surface area contributed by atoms with E-state index in [9.17, 15) is 0 Å². The Morgan fingerprint density at radius 1 is 1.29 bits per heavy atom. The predicted octanol–water partition coefficient (Wildman–Crippen LogP) is 3.30. The Labute approximate surface area is 108 Å². The Bertz CT molecular complexity index is 199. The van der Waals surface area contributed by atoms with E-state index in [4.69, 9.17) is 0 Å². The normalized spacial score (nSPS) is 13.4. The van der Waals surface area contributed by atoms with Gasteiger partial charge in [0.05, 0.1) is 0 Å². The first-order chi connectivity index (χ1) is 7.97. The first-order valence-electron chi connectivity index (χ1n) is 7.06. The third kappa shape index (κ3) is 9.37. The molecule has 0 amide bonds. The zero-order chi connectivity index (χ0) is 13.3. The van der Waals surface area contributed by atoms with E-state index in [0.717, 1.165) is 32.1 Å². The highest BCUT2D eigenvalue weighted by molar-refractivity contribution is 4.92. The average Bonchev–Trinajstić information content (AvgIpc) is 2.24. The Kier molecular flexibility index (Phi) is 9.47. The second-order valence-corrected chi connectivity index (χ2v) is 5.61. The van der Waals surface area contributed by atoms with Gasteiger partial charge in [-0.3, -0.25) is 4.90 Å². The van der Waals surface area contributed by atoms with Gasteiger partial charge in [-0.05, 0) is 52.2 Å². The summed E-state index contributed by atoms with van der Waals surface area (Å²) in [5.41, 5.74) is 1.26. The third-order valence-corrected chi connectivity index (χ3v) is 3.03. The zero-order valence-electron chi connectivity index (χ0n) is 12.6. The van der Waals surface area contributed by atoms with Crippen LogP contribution in [0.5, 0.6) is 0 Å². The van der Waals surface area contributed by atoms with Crippen LogP contribution >= 0.6 is 0 Å². The van der Waals surface area contributed by atoms with Crippen LogP contribution in [0.2, 0.25) is 0 Å². The first-order valence-corrected chi connectivity index (χ1v) is 7.06. The van der Waals surface area contributed by atoms with Crippen LogP contribution in [0.1, 0.15) is 47.5 Å². The van der Waals surface area contributed by atoms with E-state index in [1.54, 1.807) is 0 Å². The van der Waals surface area contributed by atoms with E-state index in [1.165, 1.54) is 18.4 Å². The molecule has 0 radical (unpaired) electrons. The highest BCUT2D eigenvalue weighted by atomic mass is 15.1. The van der Waals surface area contributed by atoms with E-state index in [-0.39, 0.29) is 0 Å². The molecule has 0 rings (SSSR count). The Balaban J connectivity index is 3.67. The van der Waals surface area contributed by atoms with Crippen molar-refractivity contribution >= 4 is 0 Å². The summed E-state index contributed by atoms with van der Waals surface area (Å²) in [6, 6.07) is 0.664. The second kappa shape index (κ2) is 9.67.